The number of hydrogen-bond donors (Lipinski definition) is 1. The second-order valence-electron chi connectivity index (χ2n) is 4.90. The summed E-state index contributed by atoms with van der Waals surface area (Å²) in [6.07, 6.45) is 2.37. The molecule has 2 aliphatic rings. The number of nitrogens with two attached hydrogens (primary N) is 1. The van der Waals surface area contributed by atoms with Gasteiger partial charge in [0, 0.05) is 45.7 Å². The van der Waals surface area contributed by atoms with Gasteiger partial charge in [-0.05, 0) is 18.8 Å². The van der Waals surface area contributed by atoms with Gasteiger partial charge in [0.2, 0.25) is 5.91 Å². The maximum absolute atomic E-state index is 11.1. The molecule has 2 rings (SSSR count). The summed E-state index contributed by atoms with van der Waals surface area (Å²) < 4.78 is 0. The van der Waals surface area contributed by atoms with Crippen LogP contribution in [0.3, 0.4) is 0 Å². The first kappa shape index (κ1) is 10.9. The first-order valence-electron chi connectivity index (χ1n) is 5.88. The average Bonchev–Trinajstić information content (AvgIpc) is 2.16. The van der Waals surface area contributed by atoms with Crippen LogP contribution in [0.4, 0.5) is 0 Å². The standard InChI is InChI=1S/C11H21N3O/c1-9(15)14-4-2-13(3-5-14)8-10-6-11(12)7-10/h10-11H,2-8,12H2,1H3. The largest absolute Gasteiger partial charge is 0.340 e. The summed E-state index contributed by atoms with van der Waals surface area (Å²) in [5.74, 6) is 1.02. The third kappa shape index (κ3) is 2.69. The fourth-order valence-electron chi connectivity index (χ4n) is 2.55. The molecule has 0 aromatic heterocycles. The van der Waals surface area contributed by atoms with Gasteiger partial charge in [-0.2, -0.15) is 0 Å². The molecule has 4 heteroatoms. The van der Waals surface area contributed by atoms with Crippen molar-refractivity contribution in [3.05, 3.63) is 0 Å². The van der Waals surface area contributed by atoms with Gasteiger partial charge in [0.05, 0.1) is 0 Å². The summed E-state index contributed by atoms with van der Waals surface area (Å²) in [6, 6.07) is 0.452. The average molecular weight is 211 g/mol. The Morgan fingerprint density at radius 1 is 1.27 bits per heavy atom. The van der Waals surface area contributed by atoms with Crippen LogP contribution in [0.15, 0.2) is 0 Å². The molecule has 4 nitrogen and oxygen atoms in total. The van der Waals surface area contributed by atoms with Gasteiger partial charge < -0.3 is 10.6 Å². The molecule has 1 saturated carbocycles. The quantitative estimate of drug-likeness (QED) is 0.693. The molecule has 0 unspecified atom stereocenters. The van der Waals surface area contributed by atoms with Crippen molar-refractivity contribution in [3.63, 3.8) is 0 Å². The minimum absolute atomic E-state index is 0.209. The maximum atomic E-state index is 11.1. The molecule has 0 radical (unpaired) electrons. The van der Waals surface area contributed by atoms with E-state index in [1.54, 1.807) is 6.92 Å². The molecule has 2 N–H and O–H groups in total. The summed E-state index contributed by atoms with van der Waals surface area (Å²) in [6.45, 7) is 6.69. The predicted octanol–water partition coefficient (Wildman–Crippen LogP) is -0.112. The topological polar surface area (TPSA) is 49.6 Å². The van der Waals surface area contributed by atoms with Gasteiger partial charge in [-0.3, -0.25) is 9.69 Å². The molecule has 0 spiro atoms. The van der Waals surface area contributed by atoms with Crippen molar-refractivity contribution in [1.29, 1.82) is 0 Å². The van der Waals surface area contributed by atoms with Crippen LogP contribution in [0.25, 0.3) is 0 Å². The van der Waals surface area contributed by atoms with Crippen molar-refractivity contribution in [1.82, 2.24) is 9.80 Å². The highest BCUT2D eigenvalue weighted by Gasteiger charge is 2.28. The molecule has 0 bridgehead atoms. The molecule has 1 aliphatic carbocycles. The minimum Gasteiger partial charge on any atom is -0.340 e. The van der Waals surface area contributed by atoms with Crippen molar-refractivity contribution in [2.24, 2.45) is 11.7 Å². The summed E-state index contributed by atoms with van der Waals surface area (Å²) in [5, 5.41) is 0. The molecule has 2 fully saturated rings. The van der Waals surface area contributed by atoms with Crippen molar-refractivity contribution in [2.75, 3.05) is 32.7 Å². The van der Waals surface area contributed by atoms with Crippen LogP contribution in [-0.2, 0) is 4.79 Å². The van der Waals surface area contributed by atoms with Crippen LogP contribution in [0.5, 0.6) is 0 Å². The Balaban J connectivity index is 1.67. The lowest BCUT2D eigenvalue weighted by Gasteiger charge is -2.40. The third-order valence-electron chi connectivity index (χ3n) is 3.61. The van der Waals surface area contributed by atoms with E-state index < -0.39 is 0 Å². The zero-order valence-electron chi connectivity index (χ0n) is 9.48. The highest BCUT2D eigenvalue weighted by atomic mass is 16.2. The predicted molar refractivity (Wildman–Crippen MR) is 59.4 cm³/mol. The lowest BCUT2D eigenvalue weighted by Crippen LogP contribution is -2.51. The number of carbonyl (C=O) groups is 1. The molecule has 0 atom stereocenters. The second-order valence-corrected chi connectivity index (χ2v) is 4.90. The molecule has 1 aliphatic heterocycles. The molecule has 15 heavy (non-hydrogen) atoms. The molecule has 0 aromatic carbocycles. The van der Waals surface area contributed by atoms with Crippen LogP contribution < -0.4 is 5.73 Å². The number of hydrogen-bond acceptors (Lipinski definition) is 3. The lowest BCUT2D eigenvalue weighted by molar-refractivity contribution is -0.130. The lowest BCUT2D eigenvalue weighted by atomic mass is 9.80. The van der Waals surface area contributed by atoms with Gasteiger partial charge in [-0.15, -0.1) is 0 Å². The molecular formula is C11H21N3O. The Morgan fingerprint density at radius 3 is 2.33 bits per heavy atom. The van der Waals surface area contributed by atoms with Gasteiger partial charge >= 0.3 is 0 Å². The van der Waals surface area contributed by atoms with E-state index in [1.807, 2.05) is 4.90 Å². The first-order valence-corrected chi connectivity index (χ1v) is 5.88. The fourth-order valence-corrected chi connectivity index (χ4v) is 2.55. The third-order valence-corrected chi connectivity index (χ3v) is 3.61. The Kier molecular flexibility index (Phi) is 3.26. The number of amides is 1. The summed E-state index contributed by atoms with van der Waals surface area (Å²) in [5.41, 5.74) is 5.76. The first-order chi connectivity index (χ1) is 7.15. The van der Waals surface area contributed by atoms with Crippen LogP contribution in [0.2, 0.25) is 0 Å². The Hall–Kier alpha value is -0.610. The van der Waals surface area contributed by atoms with E-state index in [0.717, 1.165) is 32.1 Å². The number of rotatable bonds is 2. The van der Waals surface area contributed by atoms with Crippen molar-refractivity contribution in [2.45, 2.75) is 25.8 Å². The van der Waals surface area contributed by atoms with Crippen LogP contribution in [-0.4, -0.2) is 54.5 Å². The van der Waals surface area contributed by atoms with Crippen molar-refractivity contribution >= 4 is 5.91 Å². The zero-order chi connectivity index (χ0) is 10.8. The van der Waals surface area contributed by atoms with Crippen molar-refractivity contribution < 1.29 is 4.79 Å². The minimum atomic E-state index is 0.209. The normalized spacial score (nSPS) is 32.5. The smallest absolute Gasteiger partial charge is 0.219 e. The summed E-state index contributed by atoms with van der Waals surface area (Å²) in [7, 11) is 0. The Labute approximate surface area is 91.4 Å². The van der Waals surface area contributed by atoms with Crippen LogP contribution >= 0.6 is 0 Å². The summed E-state index contributed by atoms with van der Waals surface area (Å²) in [4.78, 5) is 15.5. The van der Waals surface area contributed by atoms with E-state index in [4.69, 9.17) is 5.73 Å². The number of carbonyl (C=O) groups excluding carboxylic acids is 1. The van der Waals surface area contributed by atoms with Crippen molar-refractivity contribution in [3.8, 4) is 0 Å². The summed E-state index contributed by atoms with van der Waals surface area (Å²) >= 11 is 0. The van der Waals surface area contributed by atoms with Gasteiger partial charge in [-0.1, -0.05) is 0 Å². The van der Waals surface area contributed by atoms with E-state index >= 15 is 0 Å². The molecule has 1 amide bonds. The van der Waals surface area contributed by atoms with Gasteiger partial charge in [-0.25, -0.2) is 0 Å². The number of piperazine rings is 1. The monoisotopic (exact) mass is 211 g/mol. The van der Waals surface area contributed by atoms with E-state index in [-0.39, 0.29) is 5.91 Å². The zero-order valence-corrected chi connectivity index (χ0v) is 9.48. The van der Waals surface area contributed by atoms with Crippen LogP contribution in [0, 0.1) is 5.92 Å². The Morgan fingerprint density at radius 2 is 1.87 bits per heavy atom. The Bertz CT molecular complexity index is 230. The van der Waals surface area contributed by atoms with Crippen LogP contribution in [0.1, 0.15) is 19.8 Å². The highest BCUT2D eigenvalue weighted by Crippen LogP contribution is 2.26. The molecule has 86 valence electrons. The maximum Gasteiger partial charge on any atom is 0.219 e. The molecule has 1 heterocycles. The molecule has 0 aromatic rings. The van der Waals surface area contributed by atoms with Gasteiger partial charge in [0.1, 0.15) is 0 Å². The van der Waals surface area contributed by atoms with Gasteiger partial charge in [0.25, 0.3) is 0 Å². The number of nitrogens with zero attached hydrogens (tertiary/aromatic N) is 2. The van der Waals surface area contributed by atoms with Gasteiger partial charge in [0.15, 0.2) is 0 Å². The van der Waals surface area contributed by atoms with E-state index in [9.17, 15) is 4.79 Å². The van der Waals surface area contributed by atoms with E-state index in [2.05, 4.69) is 4.90 Å². The highest BCUT2D eigenvalue weighted by molar-refractivity contribution is 5.73. The molecule has 1 saturated heterocycles. The fraction of sp³-hybridized carbons (Fsp3) is 0.909. The van der Waals surface area contributed by atoms with E-state index in [1.165, 1.54) is 19.4 Å². The van der Waals surface area contributed by atoms with E-state index in [0.29, 0.717) is 6.04 Å². The SMILES string of the molecule is CC(=O)N1CCN(CC2CC(N)C2)CC1. The molecular weight excluding hydrogens is 190 g/mol. The second kappa shape index (κ2) is 4.49.